The van der Waals surface area contributed by atoms with Crippen LogP contribution in [0.2, 0.25) is 0 Å². The summed E-state index contributed by atoms with van der Waals surface area (Å²) in [6.07, 6.45) is 8.22. The summed E-state index contributed by atoms with van der Waals surface area (Å²) in [5, 5.41) is 7.03. The standard InChI is InChI=1S/C10H11N7/c1-2-12-7(11-1)5-9-15-10(17-16-9)6-8-13-3-4-14-8/h1-4H,5-6H2,(H,11,12)(H,13,14)(H,15,16,17). The third kappa shape index (κ3) is 2.22. The van der Waals surface area contributed by atoms with Crippen molar-refractivity contribution in [1.82, 2.24) is 35.1 Å². The Morgan fingerprint density at radius 3 is 2.24 bits per heavy atom. The Morgan fingerprint density at radius 2 is 1.59 bits per heavy atom. The fourth-order valence-corrected chi connectivity index (χ4v) is 1.59. The van der Waals surface area contributed by atoms with Gasteiger partial charge in [-0.3, -0.25) is 5.10 Å². The van der Waals surface area contributed by atoms with Crippen LogP contribution in [0.5, 0.6) is 0 Å². The van der Waals surface area contributed by atoms with Crippen molar-refractivity contribution >= 4 is 0 Å². The first kappa shape index (κ1) is 9.76. The van der Waals surface area contributed by atoms with Gasteiger partial charge in [0.05, 0.1) is 12.8 Å². The van der Waals surface area contributed by atoms with E-state index in [1.807, 2.05) is 0 Å². The van der Waals surface area contributed by atoms with Crippen molar-refractivity contribution in [3.63, 3.8) is 0 Å². The van der Waals surface area contributed by atoms with Gasteiger partial charge in [-0.15, -0.1) is 0 Å². The van der Waals surface area contributed by atoms with Crippen LogP contribution in [-0.2, 0) is 12.8 Å². The number of nitrogens with zero attached hydrogens (tertiary/aromatic N) is 4. The van der Waals surface area contributed by atoms with Gasteiger partial charge < -0.3 is 9.97 Å². The monoisotopic (exact) mass is 229 g/mol. The maximum absolute atomic E-state index is 4.37. The minimum absolute atomic E-state index is 0.599. The lowest BCUT2D eigenvalue weighted by Gasteiger charge is -1.90. The lowest BCUT2D eigenvalue weighted by molar-refractivity contribution is 0.914. The molecule has 0 unspecified atom stereocenters. The average Bonchev–Trinajstić information content (AvgIpc) is 3.02. The molecule has 7 nitrogen and oxygen atoms in total. The van der Waals surface area contributed by atoms with Crippen LogP contribution < -0.4 is 0 Å². The molecule has 0 radical (unpaired) electrons. The Labute approximate surface area is 96.8 Å². The van der Waals surface area contributed by atoms with Crippen molar-refractivity contribution in [1.29, 1.82) is 0 Å². The van der Waals surface area contributed by atoms with Crippen LogP contribution in [0, 0.1) is 0 Å². The number of aromatic amines is 3. The Hall–Kier alpha value is -2.44. The lowest BCUT2D eigenvalue weighted by atomic mass is 10.4. The van der Waals surface area contributed by atoms with Gasteiger partial charge in [0.15, 0.2) is 5.82 Å². The molecule has 0 amide bonds. The quantitative estimate of drug-likeness (QED) is 0.604. The molecule has 3 aromatic rings. The Kier molecular flexibility index (Phi) is 2.41. The van der Waals surface area contributed by atoms with E-state index in [9.17, 15) is 0 Å². The third-order valence-corrected chi connectivity index (χ3v) is 2.35. The van der Waals surface area contributed by atoms with Crippen LogP contribution in [0.25, 0.3) is 0 Å². The molecule has 3 heterocycles. The van der Waals surface area contributed by atoms with Gasteiger partial charge in [0, 0.05) is 24.8 Å². The molecule has 86 valence electrons. The minimum atomic E-state index is 0.599. The second-order valence-corrected chi connectivity index (χ2v) is 3.62. The highest BCUT2D eigenvalue weighted by atomic mass is 15.2. The maximum Gasteiger partial charge on any atom is 0.158 e. The largest absolute Gasteiger partial charge is 0.348 e. The van der Waals surface area contributed by atoms with Crippen molar-refractivity contribution in [2.45, 2.75) is 12.8 Å². The van der Waals surface area contributed by atoms with E-state index >= 15 is 0 Å². The highest BCUT2D eigenvalue weighted by molar-refractivity contribution is 5.04. The molecule has 0 aliphatic heterocycles. The molecule has 0 atom stereocenters. The summed E-state index contributed by atoms with van der Waals surface area (Å²) in [6.45, 7) is 0. The zero-order chi connectivity index (χ0) is 11.5. The van der Waals surface area contributed by atoms with Crippen molar-refractivity contribution < 1.29 is 0 Å². The third-order valence-electron chi connectivity index (χ3n) is 2.35. The van der Waals surface area contributed by atoms with Crippen molar-refractivity contribution in [2.24, 2.45) is 0 Å². The second kappa shape index (κ2) is 4.20. The summed E-state index contributed by atoms with van der Waals surface area (Å²) in [4.78, 5) is 18.7. The van der Waals surface area contributed by atoms with Crippen molar-refractivity contribution in [2.75, 3.05) is 0 Å². The van der Waals surface area contributed by atoms with Crippen LogP contribution >= 0.6 is 0 Å². The molecule has 3 N–H and O–H groups in total. The highest BCUT2D eigenvalue weighted by Gasteiger charge is 2.07. The van der Waals surface area contributed by atoms with Crippen LogP contribution in [-0.4, -0.2) is 35.1 Å². The fourth-order valence-electron chi connectivity index (χ4n) is 1.59. The number of imidazole rings is 2. The molecule has 0 saturated carbocycles. The van der Waals surface area contributed by atoms with Gasteiger partial charge in [0.25, 0.3) is 0 Å². The molecule has 0 aromatic carbocycles. The number of rotatable bonds is 4. The van der Waals surface area contributed by atoms with E-state index in [2.05, 4.69) is 35.1 Å². The number of H-pyrrole nitrogens is 3. The van der Waals surface area contributed by atoms with E-state index < -0.39 is 0 Å². The van der Waals surface area contributed by atoms with Crippen LogP contribution in [0.15, 0.2) is 24.8 Å². The van der Waals surface area contributed by atoms with Gasteiger partial charge in [-0.1, -0.05) is 0 Å². The summed E-state index contributed by atoms with van der Waals surface area (Å²) in [5.41, 5.74) is 0. The van der Waals surface area contributed by atoms with E-state index in [1.165, 1.54) is 0 Å². The first-order valence-corrected chi connectivity index (χ1v) is 5.27. The van der Waals surface area contributed by atoms with E-state index in [-0.39, 0.29) is 0 Å². The van der Waals surface area contributed by atoms with Crippen LogP contribution in [0.3, 0.4) is 0 Å². The Morgan fingerprint density at radius 1 is 0.882 bits per heavy atom. The maximum atomic E-state index is 4.37. The minimum Gasteiger partial charge on any atom is -0.348 e. The zero-order valence-electron chi connectivity index (χ0n) is 9.01. The number of aromatic nitrogens is 7. The van der Waals surface area contributed by atoms with Gasteiger partial charge in [-0.2, -0.15) is 5.10 Å². The van der Waals surface area contributed by atoms with Crippen molar-refractivity contribution in [3.05, 3.63) is 48.1 Å². The molecular weight excluding hydrogens is 218 g/mol. The van der Waals surface area contributed by atoms with E-state index in [0.29, 0.717) is 12.8 Å². The molecule has 3 rings (SSSR count). The molecule has 0 aliphatic rings. The topological polar surface area (TPSA) is 98.9 Å². The molecule has 0 spiro atoms. The second-order valence-electron chi connectivity index (χ2n) is 3.62. The summed E-state index contributed by atoms with van der Waals surface area (Å²) in [5.74, 6) is 3.24. The van der Waals surface area contributed by atoms with E-state index in [0.717, 1.165) is 23.3 Å². The Bertz CT molecular complexity index is 513. The lowest BCUT2D eigenvalue weighted by Crippen LogP contribution is -1.95. The van der Waals surface area contributed by atoms with Crippen LogP contribution in [0.1, 0.15) is 23.3 Å². The molecule has 0 fully saturated rings. The zero-order valence-corrected chi connectivity index (χ0v) is 9.01. The van der Waals surface area contributed by atoms with Crippen molar-refractivity contribution in [3.8, 4) is 0 Å². The van der Waals surface area contributed by atoms with Gasteiger partial charge in [0.2, 0.25) is 0 Å². The number of hydrogen-bond acceptors (Lipinski definition) is 4. The summed E-state index contributed by atoms with van der Waals surface area (Å²) in [6, 6.07) is 0. The number of hydrogen-bond donors (Lipinski definition) is 3. The van der Waals surface area contributed by atoms with Gasteiger partial charge in [-0.25, -0.2) is 15.0 Å². The predicted molar refractivity (Wildman–Crippen MR) is 59.2 cm³/mol. The molecule has 0 bridgehead atoms. The van der Waals surface area contributed by atoms with Crippen LogP contribution in [0.4, 0.5) is 0 Å². The molecule has 3 aromatic heterocycles. The number of nitrogens with one attached hydrogen (secondary N) is 3. The first-order valence-electron chi connectivity index (χ1n) is 5.27. The molecule has 17 heavy (non-hydrogen) atoms. The Balaban J connectivity index is 1.70. The van der Waals surface area contributed by atoms with E-state index in [4.69, 9.17) is 0 Å². The molecular formula is C10H11N7. The summed E-state index contributed by atoms with van der Waals surface area (Å²) in [7, 11) is 0. The summed E-state index contributed by atoms with van der Waals surface area (Å²) >= 11 is 0. The molecule has 0 saturated heterocycles. The van der Waals surface area contributed by atoms with Gasteiger partial charge >= 0.3 is 0 Å². The molecule has 7 heteroatoms. The smallest absolute Gasteiger partial charge is 0.158 e. The average molecular weight is 229 g/mol. The van der Waals surface area contributed by atoms with Gasteiger partial charge in [0.1, 0.15) is 17.5 Å². The normalized spacial score (nSPS) is 10.8. The van der Waals surface area contributed by atoms with Gasteiger partial charge in [-0.05, 0) is 0 Å². The fraction of sp³-hybridized carbons (Fsp3) is 0.200. The SMILES string of the molecule is c1c[nH]c(Cc2n[nH]c(Cc3ncc[nH]3)n2)n1. The highest BCUT2D eigenvalue weighted by Crippen LogP contribution is 2.03. The summed E-state index contributed by atoms with van der Waals surface area (Å²) < 4.78 is 0. The predicted octanol–water partition coefficient (Wildman–Crippen LogP) is 0.432. The first-order chi connectivity index (χ1) is 8.40. The van der Waals surface area contributed by atoms with E-state index in [1.54, 1.807) is 24.8 Å². The molecule has 0 aliphatic carbocycles.